The Hall–Kier alpha value is -0.800. The Morgan fingerprint density at radius 1 is 1.53 bits per heavy atom. The Labute approximate surface area is 92.9 Å². The molecule has 0 saturated heterocycles. The van der Waals surface area contributed by atoms with Crippen LogP contribution in [0.4, 0.5) is 0 Å². The molecule has 1 aromatic heterocycles. The van der Waals surface area contributed by atoms with Gasteiger partial charge >= 0.3 is 0 Å². The molecule has 1 unspecified atom stereocenters. The molecule has 0 fully saturated rings. The van der Waals surface area contributed by atoms with Crippen LogP contribution in [0.2, 0.25) is 0 Å². The maximum Gasteiger partial charge on any atom is 0.0245 e. The topological polar surface area (TPSA) is 31.1 Å². The fourth-order valence-electron chi connectivity index (χ4n) is 1.90. The molecule has 0 bridgehead atoms. The summed E-state index contributed by atoms with van der Waals surface area (Å²) < 4.78 is 0. The highest BCUT2D eigenvalue weighted by Crippen LogP contribution is 2.07. The summed E-state index contributed by atoms with van der Waals surface area (Å²) in [6, 6.07) is 2.13. The van der Waals surface area contributed by atoms with E-state index in [4.69, 9.17) is 0 Å². The zero-order valence-electron chi connectivity index (χ0n) is 10.1. The highest BCUT2D eigenvalue weighted by Gasteiger charge is 2.09. The fraction of sp³-hybridized carbons (Fsp3) is 0.667. The smallest absolute Gasteiger partial charge is 0.0245 e. The van der Waals surface area contributed by atoms with Gasteiger partial charge in [0, 0.05) is 25.5 Å². The van der Waals surface area contributed by atoms with Crippen molar-refractivity contribution in [2.45, 2.75) is 19.9 Å². The minimum atomic E-state index is 0.749. The number of aromatic nitrogens is 1. The van der Waals surface area contributed by atoms with Crippen molar-refractivity contribution in [1.29, 1.82) is 0 Å². The van der Waals surface area contributed by atoms with Crippen molar-refractivity contribution >= 4 is 0 Å². The van der Waals surface area contributed by atoms with Crippen LogP contribution in [0.25, 0.3) is 0 Å². The van der Waals surface area contributed by atoms with Gasteiger partial charge in [0.2, 0.25) is 0 Å². The molecule has 1 aromatic rings. The van der Waals surface area contributed by atoms with Crippen LogP contribution in [0, 0.1) is 5.92 Å². The molecule has 0 amide bonds. The lowest BCUT2D eigenvalue weighted by molar-refractivity contribution is 0.262. The number of nitrogens with one attached hydrogen (secondary N) is 2. The van der Waals surface area contributed by atoms with Gasteiger partial charge in [-0.1, -0.05) is 13.3 Å². The van der Waals surface area contributed by atoms with Gasteiger partial charge in [-0.2, -0.15) is 0 Å². The van der Waals surface area contributed by atoms with Crippen LogP contribution in [0.3, 0.4) is 0 Å². The largest absolute Gasteiger partial charge is 0.367 e. The van der Waals surface area contributed by atoms with Gasteiger partial charge in [0.15, 0.2) is 0 Å². The molecule has 2 N–H and O–H groups in total. The molecule has 3 nitrogen and oxygen atoms in total. The highest BCUT2D eigenvalue weighted by atomic mass is 15.1. The monoisotopic (exact) mass is 209 g/mol. The Bertz CT molecular complexity index is 243. The first-order valence-electron chi connectivity index (χ1n) is 5.71. The van der Waals surface area contributed by atoms with Crippen LogP contribution < -0.4 is 5.32 Å². The Kier molecular flexibility index (Phi) is 5.43. The first-order valence-corrected chi connectivity index (χ1v) is 5.71. The van der Waals surface area contributed by atoms with E-state index in [2.05, 4.69) is 41.4 Å². The van der Waals surface area contributed by atoms with Gasteiger partial charge in [-0.05, 0) is 38.2 Å². The van der Waals surface area contributed by atoms with E-state index in [0.717, 1.165) is 25.6 Å². The van der Waals surface area contributed by atoms with E-state index in [-0.39, 0.29) is 0 Å². The predicted molar refractivity (Wildman–Crippen MR) is 64.8 cm³/mol. The molecular weight excluding hydrogens is 186 g/mol. The highest BCUT2D eigenvalue weighted by molar-refractivity contribution is 5.07. The molecule has 0 aromatic carbocycles. The molecule has 0 aliphatic carbocycles. The van der Waals surface area contributed by atoms with Crippen molar-refractivity contribution < 1.29 is 0 Å². The fourth-order valence-corrected chi connectivity index (χ4v) is 1.90. The lowest BCUT2D eigenvalue weighted by atomic mass is 10.1. The minimum absolute atomic E-state index is 0.749. The Morgan fingerprint density at radius 2 is 2.33 bits per heavy atom. The van der Waals surface area contributed by atoms with Crippen LogP contribution in [0.1, 0.15) is 18.9 Å². The SMILES string of the molecule is CCC(CNC)CN(C)Cc1cc[nH]c1. The maximum atomic E-state index is 3.25. The van der Waals surface area contributed by atoms with E-state index in [9.17, 15) is 0 Å². The second kappa shape index (κ2) is 6.64. The first-order chi connectivity index (χ1) is 7.26. The number of hydrogen-bond acceptors (Lipinski definition) is 2. The zero-order valence-corrected chi connectivity index (χ0v) is 10.1. The van der Waals surface area contributed by atoms with Crippen molar-refractivity contribution in [3.05, 3.63) is 24.0 Å². The predicted octanol–water partition coefficient (Wildman–Crippen LogP) is 1.69. The maximum absolute atomic E-state index is 3.25. The molecule has 0 aliphatic rings. The second-order valence-electron chi connectivity index (χ2n) is 4.25. The third kappa shape index (κ3) is 4.49. The molecular formula is C12H23N3. The van der Waals surface area contributed by atoms with Crippen molar-refractivity contribution in [1.82, 2.24) is 15.2 Å². The number of rotatable bonds is 7. The summed E-state index contributed by atoms with van der Waals surface area (Å²) in [7, 11) is 4.21. The average Bonchev–Trinajstić information content (AvgIpc) is 2.69. The van der Waals surface area contributed by atoms with Gasteiger partial charge in [0.1, 0.15) is 0 Å². The molecule has 86 valence electrons. The van der Waals surface area contributed by atoms with Crippen molar-refractivity contribution in [3.8, 4) is 0 Å². The van der Waals surface area contributed by atoms with Crippen molar-refractivity contribution in [2.75, 3.05) is 27.2 Å². The van der Waals surface area contributed by atoms with E-state index >= 15 is 0 Å². The molecule has 15 heavy (non-hydrogen) atoms. The van der Waals surface area contributed by atoms with Crippen molar-refractivity contribution in [3.63, 3.8) is 0 Å². The summed E-state index contributed by atoms with van der Waals surface area (Å²) in [4.78, 5) is 5.47. The third-order valence-electron chi connectivity index (χ3n) is 2.75. The minimum Gasteiger partial charge on any atom is -0.367 e. The third-order valence-corrected chi connectivity index (χ3v) is 2.75. The molecule has 0 radical (unpaired) electrons. The lowest BCUT2D eigenvalue weighted by Gasteiger charge is -2.22. The summed E-state index contributed by atoms with van der Waals surface area (Å²) in [6.07, 6.45) is 5.28. The van der Waals surface area contributed by atoms with Gasteiger partial charge in [0.25, 0.3) is 0 Å². The summed E-state index contributed by atoms with van der Waals surface area (Å²) in [5.41, 5.74) is 1.36. The number of nitrogens with zero attached hydrogens (tertiary/aromatic N) is 1. The average molecular weight is 209 g/mol. The lowest BCUT2D eigenvalue weighted by Crippen LogP contribution is -2.30. The van der Waals surface area contributed by atoms with Gasteiger partial charge < -0.3 is 15.2 Å². The molecule has 1 rings (SSSR count). The molecule has 0 saturated carbocycles. The van der Waals surface area contributed by atoms with Crippen LogP contribution >= 0.6 is 0 Å². The van der Waals surface area contributed by atoms with Gasteiger partial charge in [-0.25, -0.2) is 0 Å². The van der Waals surface area contributed by atoms with Gasteiger partial charge in [-0.3, -0.25) is 0 Å². The Morgan fingerprint density at radius 3 is 2.87 bits per heavy atom. The zero-order chi connectivity index (χ0) is 11.1. The number of aromatic amines is 1. The first kappa shape index (κ1) is 12.3. The molecule has 1 atom stereocenters. The van der Waals surface area contributed by atoms with E-state index in [1.165, 1.54) is 12.0 Å². The quantitative estimate of drug-likeness (QED) is 0.716. The van der Waals surface area contributed by atoms with Crippen LogP contribution in [0.5, 0.6) is 0 Å². The summed E-state index contributed by atoms with van der Waals surface area (Å²) >= 11 is 0. The normalized spacial score (nSPS) is 13.3. The van der Waals surface area contributed by atoms with E-state index in [1.807, 2.05) is 13.2 Å². The molecule has 1 heterocycles. The van der Waals surface area contributed by atoms with Crippen LogP contribution in [0.15, 0.2) is 18.5 Å². The van der Waals surface area contributed by atoms with Gasteiger partial charge in [0.05, 0.1) is 0 Å². The standard InChI is InChI=1S/C12H23N3/c1-4-11(7-13-2)9-15(3)10-12-5-6-14-8-12/h5-6,8,11,13-14H,4,7,9-10H2,1-3H3. The van der Waals surface area contributed by atoms with Gasteiger partial charge in [-0.15, -0.1) is 0 Å². The van der Waals surface area contributed by atoms with E-state index < -0.39 is 0 Å². The van der Waals surface area contributed by atoms with Crippen LogP contribution in [-0.2, 0) is 6.54 Å². The molecule has 0 aliphatic heterocycles. The molecule has 3 heteroatoms. The summed E-state index contributed by atoms with van der Waals surface area (Å²) in [5, 5.41) is 3.25. The van der Waals surface area contributed by atoms with Crippen LogP contribution in [-0.4, -0.2) is 37.1 Å². The summed E-state index contributed by atoms with van der Waals surface area (Å²) in [6.45, 7) is 5.55. The van der Waals surface area contributed by atoms with E-state index in [0.29, 0.717) is 0 Å². The summed E-state index contributed by atoms with van der Waals surface area (Å²) in [5.74, 6) is 0.749. The number of H-pyrrole nitrogens is 1. The number of hydrogen-bond donors (Lipinski definition) is 2. The van der Waals surface area contributed by atoms with E-state index in [1.54, 1.807) is 0 Å². The van der Waals surface area contributed by atoms with Crippen molar-refractivity contribution in [2.24, 2.45) is 5.92 Å². The second-order valence-corrected chi connectivity index (χ2v) is 4.25. The Balaban J connectivity index is 2.30. The molecule has 0 spiro atoms.